The van der Waals surface area contributed by atoms with Crippen molar-refractivity contribution < 1.29 is 19.8 Å². The van der Waals surface area contributed by atoms with Gasteiger partial charge in [0.05, 0.1) is 0 Å². The van der Waals surface area contributed by atoms with Gasteiger partial charge < -0.3 is 10.2 Å². The molecule has 0 saturated carbocycles. The largest absolute Gasteiger partial charge is 0.376 e. The fourth-order valence-electron chi connectivity index (χ4n) is 12.7. The summed E-state index contributed by atoms with van der Waals surface area (Å²) in [5, 5.41) is 26.4. The third-order valence-electron chi connectivity index (χ3n) is 17.8. The zero-order valence-corrected chi connectivity index (χ0v) is 51.6. The highest BCUT2D eigenvalue weighted by Crippen LogP contribution is 2.54. The van der Waals surface area contributed by atoms with E-state index in [0.717, 1.165) is 93.7 Å². The Bertz CT molecular complexity index is 2720. The molecule has 2 aliphatic rings. The molecule has 0 aliphatic heterocycles. The van der Waals surface area contributed by atoms with Crippen LogP contribution >= 0.6 is 31.9 Å². The van der Waals surface area contributed by atoms with Crippen molar-refractivity contribution in [2.45, 2.75) is 195 Å². The number of rotatable bonds is 26. The second-order valence-electron chi connectivity index (χ2n) is 23.0. The smallest absolute Gasteiger partial charge is 0.194 e. The van der Waals surface area contributed by atoms with Crippen molar-refractivity contribution in [1.82, 2.24) is 0 Å². The Morgan fingerprint density at radius 1 is 0.372 bits per heavy atom. The molecule has 6 unspecified atom stereocenters. The van der Waals surface area contributed by atoms with Gasteiger partial charge in [-0.1, -0.05) is 275 Å². The lowest BCUT2D eigenvalue weighted by atomic mass is 9.62. The third-order valence-corrected chi connectivity index (χ3v) is 18.9. The van der Waals surface area contributed by atoms with Gasteiger partial charge in [0, 0.05) is 31.2 Å². The molecule has 416 valence electrons. The first-order valence-electron chi connectivity index (χ1n) is 30.3. The zero-order chi connectivity index (χ0) is 56.0. The lowest BCUT2D eigenvalue weighted by Gasteiger charge is -2.46. The van der Waals surface area contributed by atoms with Crippen LogP contribution in [-0.2, 0) is 36.9 Å². The summed E-state index contributed by atoms with van der Waals surface area (Å²) < 4.78 is 1.93. The molecule has 8 rings (SSSR count). The molecular formula is C72H90Br2O4. The summed E-state index contributed by atoms with van der Waals surface area (Å²) in [5.41, 5.74) is 9.31. The van der Waals surface area contributed by atoms with Crippen LogP contribution in [0.25, 0.3) is 0 Å². The number of hydrogen-bond acceptors (Lipinski definition) is 4. The normalized spacial score (nSPS) is 17.9. The lowest BCUT2D eigenvalue weighted by Crippen LogP contribution is -2.44. The van der Waals surface area contributed by atoms with Gasteiger partial charge in [-0.05, 0) is 141 Å². The summed E-state index contributed by atoms with van der Waals surface area (Å²) in [5.74, 6) is 2.42. The molecular weight excluding hydrogens is 1090 g/mol. The van der Waals surface area contributed by atoms with Crippen molar-refractivity contribution in [2.75, 3.05) is 0 Å². The van der Waals surface area contributed by atoms with Gasteiger partial charge in [0.25, 0.3) is 0 Å². The maximum absolute atomic E-state index is 13.3. The minimum Gasteiger partial charge on any atom is -0.376 e. The average Bonchev–Trinajstić information content (AvgIpc) is 3.66. The predicted octanol–water partition coefficient (Wildman–Crippen LogP) is 19.6. The molecule has 6 aromatic rings. The zero-order valence-electron chi connectivity index (χ0n) is 48.5. The topological polar surface area (TPSA) is 74.6 Å². The fraction of sp³-hybridized carbons (Fsp3) is 0.472. The monoisotopic (exact) mass is 1180 g/mol. The van der Waals surface area contributed by atoms with Crippen molar-refractivity contribution in [3.63, 3.8) is 0 Å². The molecule has 0 radical (unpaired) electrons. The predicted molar refractivity (Wildman–Crippen MR) is 333 cm³/mol. The van der Waals surface area contributed by atoms with Crippen LogP contribution in [0.1, 0.15) is 246 Å². The third kappa shape index (κ3) is 13.6. The Balaban J connectivity index is 0.000000242. The standard InChI is InChI=1S/C42H50Br2O2.C30H40O2/c1-5-9-13-29(7-3)25-31-27-39-40(28-32(31)26-30(8-4)14-10-6-2)42(46,34-19-23-36(44)24-20-34)38-16-12-11-15-37(38)41(39,45)33-17-21-35(43)22-18-33;1-5-9-13-21(7-3)17-23-19-27-28(20-24(23)18-22(8-4)14-10-6-2)30(32)26-16-12-11-15-25(26)29(27)31/h11-12,15-24,27-30,45-46H,5-10,13-14,25-26H2,1-4H3;11-12,15-16,19-22H,5-10,13-14,17-18H2,1-4H3. The quantitative estimate of drug-likeness (QED) is 0.0567. The van der Waals surface area contributed by atoms with Crippen molar-refractivity contribution in [2.24, 2.45) is 23.7 Å². The first kappa shape index (κ1) is 61.2. The molecule has 0 aromatic heterocycles. The molecule has 78 heavy (non-hydrogen) atoms. The van der Waals surface area contributed by atoms with Crippen LogP contribution in [0.4, 0.5) is 0 Å². The molecule has 2 N–H and O–H groups in total. The van der Waals surface area contributed by atoms with Crippen LogP contribution in [0.15, 0.2) is 130 Å². The minimum atomic E-state index is -1.43. The van der Waals surface area contributed by atoms with Gasteiger partial charge in [0.15, 0.2) is 11.6 Å². The van der Waals surface area contributed by atoms with Crippen LogP contribution in [0.5, 0.6) is 0 Å². The summed E-state index contributed by atoms with van der Waals surface area (Å²) in [6.45, 7) is 18.2. The number of carbonyl (C=O) groups excluding carboxylic acids is 2. The van der Waals surface area contributed by atoms with E-state index in [9.17, 15) is 19.8 Å². The molecule has 0 bridgehead atoms. The molecule has 6 atom stereocenters. The molecule has 6 heteroatoms. The molecule has 4 nitrogen and oxygen atoms in total. The first-order chi connectivity index (χ1) is 37.7. The number of aliphatic hydroxyl groups is 2. The highest BCUT2D eigenvalue weighted by molar-refractivity contribution is 9.10. The van der Waals surface area contributed by atoms with E-state index in [0.29, 0.717) is 45.9 Å². The van der Waals surface area contributed by atoms with Gasteiger partial charge in [-0.15, -0.1) is 0 Å². The van der Waals surface area contributed by atoms with E-state index in [1.54, 1.807) is 12.1 Å². The van der Waals surface area contributed by atoms with Gasteiger partial charge >= 0.3 is 0 Å². The number of hydrogen-bond donors (Lipinski definition) is 2. The van der Waals surface area contributed by atoms with Crippen LogP contribution in [0, 0.1) is 23.7 Å². The number of carbonyl (C=O) groups is 2. The minimum absolute atomic E-state index is 0.00244. The molecule has 0 heterocycles. The Kier molecular flexibility index (Phi) is 22.6. The summed E-state index contributed by atoms with van der Waals surface area (Å²) in [4.78, 5) is 26.6. The molecule has 0 fully saturated rings. The molecule has 0 spiro atoms. The molecule has 2 aliphatic carbocycles. The Morgan fingerprint density at radius 3 is 0.936 bits per heavy atom. The van der Waals surface area contributed by atoms with Gasteiger partial charge in [0.1, 0.15) is 11.2 Å². The highest BCUT2D eigenvalue weighted by Gasteiger charge is 2.51. The van der Waals surface area contributed by atoms with E-state index in [4.69, 9.17) is 0 Å². The second kappa shape index (κ2) is 28.8. The van der Waals surface area contributed by atoms with Crippen LogP contribution in [-0.4, -0.2) is 21.8 Å². The molecule has 0 amide bonds. The van der Waals surface area contributed by atoms with E-state index in [1.165, 1.54) is 99.3 Å². The average molecular weight is 1180 g/mol. The Labute approximate surface area is 486 Å². The highest BCUT2D eigenvalue weighted by atomic mass is 79.9. The number of unbranched alkanes of at least 4 members (excludes halogenated alkanes) is 4. The first-order valence-corrected chi connectivity index (χ1v) is 31.9. The lowest BCUT2D eigenvalue weighted by molar-refractivity contribution is 0.0745. The van der Waals surface area contributed by atoms with E-state index >= 15 is 0 Å². The second-order valence-corrected chi connectivity index (χ2v) is 24.8. The van der Waals surface area contributed by atoms with E-state index < -0.39 is 11.2 Å². The van der Waals surface area contributed by atoms with Gasteiger partial charge in [-0.3, -0.25) is 9.59 Å². The SMILES string of the molecule is CCCCC(CC)Cc1cc2c(cc1CC(CC)CCCC)C(=O)c1ccccc1C2=O.CCCCC(CC)Cc1cc2c(cc1CC(CC)CCCC)C(O)(c1ccc(Br)cc1)c1ccccc1C2(O)c1ccc(Br)cc1. The van der Waals surface area contributed by atoms with Crippen molar-refractivity contribution in [1.29, 1.82) is 0 Å². The van der Waals surface area contributed by atoms with Crippen molar-refractivity contribution >= 4 is 43.4 Å². The summed E-state index contributed by atoms with van der Waals surface area (Å²) in [6.07, 6.45) is 23.2. The summed E-state index contributed by atoms with van der Waals surface area (Å²) in [7, 11) is 0. The van der Waals surface area contributed by atoms with Crippen LogP contribution in [0.3, 0.4) is 0 Å². The Morgan fingerprint density at radius 2 is 0.654 bits per heavy atom. The fourth-order valence-corrected chi connectivity index (χ4v) is 13.2. The number of halogens is 2. The maximum Gasteiger partial charge on any atom is 0.194 e. The number of ketones is 2. The Hall–Kier alpha value is -4.46. The summed E-state index contributed by atoms with van der Waals surface area (Å²) in [6, 6.07) is 40.0. The van der Waals surface area contributed by atoms with Gasteiger partial charge in [0.2, 0.25) is 0 Å². The number of benzene rings is 6. The van der Waals surface area contributed by atoms with Crippen LogP contribution < -0.4 is 0 Å². The van der Waals surface area contributed by atoms with Crippen molar-refractivity contribution in [3.8, 4) is 0 Å². The number of fused-ring (bicyclic) bond motifs is 4. The maximum atomic E-state index is 13.3. The molecule has 0 saturated heterocycles. The van der Waals surface area contributed by atoms with Gasteiger partial charge in [-0.2, -0.15) is 0 Å². The van der Waals surface area contributed by atoms with Gasteiger partial charge in [-0.25, -0.2) is 0 Å². The van der Waals surface area contributed by atoms with Crippen LogP contribution in [0.2, 0.25) is 0 Å². The van der Waals surface area contributed by atoms with E-state index in [2.05, 4.69) is 112 Å². The van der Waals surface area contributed by atoms with E-state index in [1.807, 2.05) is 84.9 Å². The van der Waals surface area contributed by atoms with Crippen molar-refractivity contribution in [3.05, 3.63) is 208 Å². The van der Waals surface area contributed by atoms with E-state index in [-0.39, 0.29) is 11.6 Å². The summed E-state index contributed by atoms with van der Waals surface area (Å²) >= 11 is 7.21. The molecule has 6 aromatic carbocycles.